The lowest BCUT2D eigenvalue weighted by atomic mass is 10.1. The van der Waals surface area contributed by atoms with Gasteiger partial charge in [0.25, 0.3) is 0 Å². The first kappa shape index (κ1) is 17.7. The van der Waals surface area contributed by atoms with Crippen LogP contribution in [0.1, 0.15) is 13.8 Å². The standard InChI is InChI=1S/C17H24N4O4S/c1-12(2)19-5-7-20(8-6-19)13-10-21(11-13)26(23,24)14-3-4-16-15(9-14)18-17(22)25-16/h3-4,9,12-13H,5-8,10-11H2,1-2H3,(H,18,22). The molecular weight excluding hydrogens is 356 g/mol. The van der Waals surface area contributed by atoms with Crippen molar-refractivity contribution in [3.8, 4) is 0 Å². The van der Waals surface area contributed by atoms with Crippen LogP contribution in [0.15, 0.2) is 32.3 Å². The summed E-state index contributed by atoms with van der Waals surface area (Å²) < 4.78 is 32.1. The second-order valence-electron chi connectivity index (χ2n) is 7.31. The van der Waals surface area contributed by atoms with Crippen LogP contribution >= 0.6 is 0 Å². The fourth-order valence-electron chi connectivity index (χ4n) is 3.70. The maximum Gasteiger partial charge on any atom is 0.417 e. The molecule has 9 heteroatoms. The molecule has 1 N–H and O–H groups in total. The summed E-state index contributed by atoms with van der Waals surface area (Å²) in [5, 5.41) is 0. The number of oxazole rings is 1. The fourth-order valence-corrected chi connectivity index (χ4v) is 5.25. The molecule has 0 amide bonds. The summed E-state index contributed by atoms with van der Waals surface area (Å²) in [5.74, 6) is -0.584. The van der Waals surface area contributed by atoms with Gasteiger partial charge in [-0.05, 0) is 32.0 Å². The maximum absolute atomic E-state index is 12.8. The molecule has 2 aliphatic rings. The van der Waals surface area contributed by atoms with Gasteiger partial charge in [0, 0.05) is 51.4 Å². The van der Waals surface area contributed by atoms with Gasteiger partial charge in [0.2, 0.25) is 10.0 Å². The van der Waals surface area contributed by atoms with Crippen molar-refractivity contribution >= 4 is 21.1 Å². The number of H-pyrrole nitrogens is 1. The van der Waals surface area contributed by atoms with Gasteiger partial charge >= 0.3 is 5.76 Å². The minimum Gasteiger partial charge on any atom is -0.408 e. The largest absolute Gasteiger partial charge is 0.417 e. The average Bonchev–Trinajstić information content (AvgIpc) is 2.92. The van der Waals surface area contributed by atoms with Crippen LogP contribution in [0.25, 0.3) is 11.1 Å². The molecule has 26 heavy (non-hydrogen) atoms. The minimum atomic E-state index is -3.55. The number of hydrogen-bond acceptors (Lipinski definition) is 6. The third kappa shape index (κ3) is 3.09. The summed E-state index contributed by atoms with van der Waals surface area (Å²) in [7, 11) is -3.55. The Bertz CT molecular complexity index is 951. The molecule has 2 aromatic rings. The highest BCUT2D eigenvalue weighted by Gasteiger charge is 2.40. The van der Waals surface area contributed by atoms with Crippen LogP contribution < -0.4 is 5.76 Å². The first-order chi connectivity index (χ1) is 12.3. The van der Waals surface area contributed by atoms with Crippen LogP contribution in [-0.4, -0.2) is 78.9 Å². The van der Waals surface area contributed by atoms with Crippen molar-refractivity contribution in [3.63, 3.8) is 0 Å². The van der Waals surface area contributed by atoms with Crippen molar-refractivity contribution in [3.05, 3.63) is 28.7 Å². The third-order valence-corrected chi connectivity index (χ3v) is 7.28. The molecule has 1 aromatic carbocycles. The van der Waals surface area contributed by atoms with Crippen LogP contribution in [0, 0.1) is 0 Å². The van der Waals surface area contributed by atoms with E-state index in [0.29, 0.717) is 30.2 Å². The van der Waals surface area contributed by atoms with E-state index in [1.54, 1.807) is 0 Å². The summed E-state index contributed by atoms with van der Waals surface area (Å²) in [6, 6.07) is 5.31. The van der Waals surface area contributed by atoms with Crippen molar-refractivity contribution in [1.82, 2.24) is 19.1 Å². The molecule has 0 saturated carbocycles. The fraction of sp³-hybridized carbons (Fsp3) is 0.588. The molecule has 2 fully saturated rings. The van der Waals surface area contributed by atoms with Gasteiger partial charge in [-0.25, -0.2) is 13.2 Å². The van der Waals surface area contributed by atoms with Crippen LogP contribution in [0.3, 0.4) is 0 Å². The monoisotopic (exact) mass is 380 g/mol. The van der Waals surface area contributed by atoms with Crippen LogP contribution in [-0.2, 0) is 10.0 Å². The zero-order valence-corrected chi connectivity index (χ0v) is 15.8. The Labute approximate surface area is 152 Å². The summed E-state index contributed by atoms with van der Waals surface area (Å²) in [6.45, 7) is 9.48. The predicted molar refractivity (Wildman–Crippen MR) is 97.7 cm³/mol. The highest BCUT2D eigenvalue weighted by Crippen LogP contribution is 2.26. The zero-order valence-electron chi connectivity index (χ0n) is 15.0. The average molecular weight is 380 g/mol. The van der Waals surface area contributed by atoms with E-state index in [9.17, 15) is 13.2 Å². The SMILES string of the molecule is CC(C)N1CCN(C2CN(S(=O)(=O)c3ccc4oc(=O)[nH]c4c3)C2)CC1. The Morgan fingerprint density at radius 3 is 2.50 bits per heavy atom. The predicted octanol–water partition coefficient (Wildman–Crippen LogP) is 0.520. The van der Waals surface area contributed by atoms with Crippen molar-refractivity contribution in [2.75, 3.05) is 39.3 Å². The molecule has 2 aliphatic heterocycles. The van der Waals surface area contributed by atoms with Gasteiger partial charge in [-0.15, -0.1) is 0 Å². The van der Waals surface area contributed by atoms with E-state index in [1.807, 2.05) is 0 Å². The highest BCUT2D eigenvalue weighted by atomic mass is 32.2. The number of fused-ring (bicyclic) bond motifs is 1. The summed E-state index contributed by atoms with van der Waals surface area (Å²) >= 11 is 0. The highest BCUT2D eigenvalue weighted by molar-refractivity contribution is 7.89. The molecular formula is C17H24N4O4S. The Morgan fingerprint density at radius 2 is 1.85 bits per heavy atom. The molecule has 3 heterocycles. The normalized spacial score (nSPS) is 21.5. The first-order valence-corrected chi connectivity index (χ1v) is 10.4. The number of rotatable bonds is 4. The number of benzene rings is 1. The molecule has 142 valence electrons. The van der Waals surface area contributed by atoms with E-state index in [1.165, 1.54) is 22.5 Å². The zero-order chi connectivity index (χ0) is 18.5. The van der Waals surface area contributed by atoms with Gasteiger partial charge in [0.1, 0.15) is 0 Å². The van der Waals surface area contributed by atoms with Crippen molar-refractivity contribution in [2.24, 2.45) is 0 Å². The van der Waals surface area contributed by atoms with E-state index < -0.39 is 15.8 Å². The van der Waals surface area contributed by atoms with E-state index in [4.69, 9.17) is 4.42 Å². The van der Waals surface area contributed by atoms with Gasteiger partial charge in [-0.2, -0.15) is 4.31 Å². The molecule has 0 unspecified atom stereocenters. The van der Waals surface area contributed by atoms with Gasteiger partial charge in [0.05, 0.1) is 10.4 Å². The molecule has 4 rings (SSSR count). The Morgan fingerprint density at radius 1 is 1.15 bits per heavy atom. The maximum atomic E-state index is 12.8. The Kier molecular flexibility index (Phi) is 4.42. The number of sulfonamides is 1. The summed E-state index contributed by atoms with van der Waals surface area (Å²) in [5.41, 5.74) is 0.761. The topological polar surface area (TPSA) is 89.9 Å². The minimum absolute atomic E-state index is 0.185. The Balaban J connectivity index is 1.41. The lowest BCUT2D eigenvalue weighted by molar-refractivity contribution is 0.0316. The van der Waals surface area contributed by atoms with Crippen molar-refractivity contribution in [1.29, 1.82) is 0 Å². The summed E-state index contributed by atoms with van der Waals surface area (Å²) in [4.78, 5) is 18.8. The third-order valence-electron chi connectivity index (χ3n) is 5.45. The second-order valence-corrected chi connectivity index (χ2v) is 9.25. The molecule has 8 nitrogen and oxygen atoms in total. The molecule has 2 saturated heterocycles. The van der Waals surface area contributed by atoms with Crippen molar-refractivity contribution < 1.29 is 12.8 Å². The molecule has 0 radical (unpaired) electrons. The molecule has 0 aliphatic carbocycles. The van der Waals surface area contributed by atoms with E-state index in [2.05, 4.69) is 28.6 Å². The van der Waals surface area contributed by atoms with Gasteiger partial charge in [-0.3, -0.25) is 14.8 Å². The number of hydrogen-bond donors (Lipinski definition) is 1. The Hall–Kier alpha value is -1.68. The first-order valence-electron chi connectivity index (χ1n) is 8.96. The van der Waals surface area contributed by atoms with E-state index >= 15 is 0 Å². The van der Waals surface area contributed by atoms with Gasteiger partial charge < -0.3 is 4.42 Å². The summed E-state index contributed by atoms with van der Waals surface area (Å²) in [6.07, 6.45) is 0. The van der Waals surface area contributed by atoms with Crippen LogP contribution in [0.4, 0.5) is 0 Å². The van der Waals surface area contributed by atoms with E-state index in [-0.39, 0.29) is 10.9 Å². The van der Waals surface area contributed by atoms with E-state index in [0.717, 1.165) is 26.2 Å². The molecule has 0 spiro atoms. The van der Waals surface area contributed by atoms with Gasteiger partial charge in [-0.1, -0.05) is 0 Å². The number of nitrogens with one attached hydrogen (secondary N) is 1. The second kappa shape index (κ2) is 6.49. The number of piperazine rings is 1. The van der Waals surface area contributed by atoms with Crippen molar-refractivity contribution in [2.45, 2.75) is 30.8 Å². The molecule has 1 aromatic heterocycles. The van der Waals surface area contributed by atoms with Gasteiger partial charge in [0.15, 0.2) is 5.58 Å². The number of aromatic amines is 1. The molecule has 0 atom stereocenters. The quantitative estimate of drug-likeness (QED) is 0.832. The van der Waals surface area contributed by atoms with Crippen LogP contribution in [0.5, 0.6) is 0 Å². The van der Waals surface area contributed by atoms with Crippen LogP contribution in [0.2, 0.25) is 0 Å². The lowest BCUT2D eigenvalue weighted by Gasteiger charge is -2.47. The number of aromatic nitrogens is 1. The molecule has 0 bridgehead atoms. The lowest BCUT2D eigenvalue weighted by Crippen LogP contribution is -2.64. The smallest absolute Gasteiger partial charge is 0.408 e. The number of nitrogens with zero attached hydrogens (tertiary/aromatic N) is 3.